The smallest absolute Gasteiger partial charge is 0.261 e. The highest BCUT2D eigenvalue weighted by Crippen LogP contribution is 2.29. The van der Waals surface area contributed by atoms with Gasteiger partial charge in [-0.15, -0.1) is 0 Å². The summed E-state index contributed by atoms with van der Waals surface area (Å²) in [5, 5.41) is 7.48. The van der Waals surface area contributed by atoms with Crippen molar-refractivity contribution in [3.05, 3.63) is 30.1 Å². The van der Waals surface area contributed by atoms with E-state index in [1.54, 1.807) is 7.11 Å². The number of hydrogen-bond acceptors (Lipinski definition) is 6. The van der Waals surface area contributed by atoms with E-state index in [-0.39, 0.29) is 6.04 Å². The highest BCUT2D eigenvalue weighted by atomic mass is 16.5. The first kappa shape index (κ1) is 14.0. The van der Waals surface area contributed by atoms with E-state index >= 15 is 0 Å². The molecule has 2 aromatic rings. The number of para-hydroxylation sites is 1. The summed E-state index contributed by atoms with van der Waals surface area (Å²) in [4.78, 5) is 6.90. The standard InChI is InChI=1S/C15H20N4O2/c1-11(19-9-7-16-8-10-19)14-17-15(21-18-14)12-5-3-4-6-13(12)20-2/h3-6,11,16H,7-10H2,1-2H3. The van der Waals surface area contributed by atoms with Gasteiger partial charge in [-0.25, -0.2) is 0 Å². The van der Waals surface area contributed by atoms with Crippen LogP contribution in [0.5, 0.6) is 5.75 Å². The van der Waals surface area contributed by atoms with Crippen molar-refractivity contribution in [2.45, 2.75) is 13.0 Å². The van der Waals surface area contributed by atoms with Crippen molar-refractivity contribution in [2.24, 2.45) is 0 Å². The van der Waals surface area contributed by atoms with Crippen LogP contribution in [0.4, 0.5) is 0 Å². The molecule has 6 nitrogen and oxygen atoms in total. The Hall–Kier alpha value is -1.92. The number of hydrogen-bond donors (Lipinski definition) is 1. The van der Waals surface area contributed by atoms with Gasteiger partial charge >= 0.3 is 0 Å². The fraction of sp³-hybridized carbons (Fsp3) is 0.467. The van der Waals surface area contributed by atoms with Crippen LogP contribution in [0.1, 0.15) is 18.8 Å². The van der Waals surface area contributed by atoms with Gasteiger partial charge in [-0.05, 0) is 19.1 Å². The van der Waals surface area contributed by atoms with Crippen LogP contribution in [-0.2, 0) is 0 Å². The lowest BCUT2D eigenvalue weighted by atomic mass is 10.2. The summed E-state index contributed by atoms with van der Waals surface area (Å²) < 4.78 is 10.8. The Bertz CT molecular complexity index is 593. The maximum absolute atomic E-state index is 5.42. The zero-order valence-corrected chi connectivity index (χ0v) is 12.4. The molecular formula is C15H20N4O2. The fourth-order valence-electron chi connectivity index (χ4n) is 2.57. The van der Waals surface area contributed by atoms with Crippen molar-refractivity contribution in [1.29, 1.82) is 0 Å². The second-order valence-corrected chi connectivity index (χ2v) is 5.12. The zero-order valence-electron chi connectivity index (χ0n) is 12.4. The molecule has 1 aliphatic rings. The van der Waals surface area contributed by atoms with Gasteiger partial charge in [-0.1, -0.05) is 17.3 Å². The van der Waals surface area contributed by atoms with Gasteiger partial charge in [0.05, 0.1) is 18.7 Å². The Labute approximate surface area is 124 Å². The Morgan fingerprint density at radius 2 is 2.05 bits per heavy atom. The SMILES string of the molecule is COc1ccccc1-c1nc(C(C)N2CCNCC2)no1. The molecule has 0 radical (unpaired) electrons. The predicted molar refractivity (Wildman–Crippen MR) is 79.1 cm³/mol. The monoisotopic (exact) mass is 288 g/mol. The Balaban J connectivity index is 1.82. The van der Waals surface area contributed by atoms with Gasteiger partial charge in [0.2, 0.25) is 0 Å². The van der Waals surface area contributed by atoms with Gasteiger partial charge in [0.25, 0.3) is 5.89 Å². The first-order valence-corrected chi connectivity index (χ1v) is 7.21. The number of rotatable bonds is 4. The molecule has 0 spiro atoms. The lowest BCUT2D eigenvalue weighted by Gasteiger charge is -2.30. The van der Waals surface area contributed by atoms with E-state index < -0.39 is 0 Å². The third-order valence-electron chi connectivity index (χ3n) is 3.85. The molecule has 112 valence electrons. The zero-order chi connectivity index (χ0) is 14.7. The summed E-state index contributed by atoms with van der Waals surface area (Å²) in [7, 11) is 1.64. The number of ether oxygens (including phenoxy) is 1. The average Bonchev–Trinajstić information content (AvgIpc) is 3.04. The summed E-state index contributed by atoms with van der Waals surface area (Å²) >= 11 is 0. The molecule has 1 unspecified atom stereocenters. The van der Waals surface area contributed by atoms with Crippen LogP contribution < -0.4 is 10.1 Å². The molecule has 21 heavy (non-hydrogen) atoms. The minimum atomic E-state index is 0.152. The van der Waals surface area contributed by atoms with Gasteiger partial charge in [0, 0.05) is 26.2 Å². The fourth-order valence-corrected chi connectivity index (χ4v) is 2.57. The normalized spacial score (nSPS) is 17.6. The van der Waals surface area contributed by atoms with Gasteiger partial charge < -0.3 is 14.6 Å². The Morgan fingerprint density at radius 1 is 1.29 bits per heavy atom. The molecule has 0 bridgehead atoms. The molecule has 0 amide bonds. The van der Waals surface area contributed by atoms with E-state index in [0.29, 0.717) is 5.89 Å². The molecule has 6 heteroatoms. The topological polar surface area (TPSA) is 63.4 Å². The van der Waals surface area contributed by atoms with E-state index in [4.69, 9.17) is 9.26 Å². The summed E-state index contributed by atoms with van der Waals surface area (Å²) in [6, 6.07) is 7.81. The highest BCUT2D eigenvalue weighted by molar-refractivity contribution is 5.62. The van der Waals surface area contributed by atoms with Crippen LogP contribution in [-0.4, -0.2) is 48.3 Å². The van der Waals surface area contributed by atoms with Crippen molar-refractivity contribution in [3.63, 3.8) is 0 Å². The lowest BCUT2D eigenvalue weighted by Crippen LogP contribution is -2.44. The van der Waals surface area contributed by atoms with Crippen molar-refractivity contribution in [2.75, 3.05) is 33.3 Å². The Morgan fingerprint density at radius 3 is 2.81 bits per heavy atom. The molecule has 1 fully saturated rings. The lowest BCUT2D eigenvalue weighted by molar-refractivity contribution is 0.176. The first-order chi connectivity index (χ1) is 10.3. The van der Waals surface area contributed by atoms with E-state index in [1.165, 1.54) is 0 Å². The van der Waals surface area contributed by atoms with Gasteiger partial charge in [-0.3, -0.25) is 4.90 Å². The van der Waals surface area contributed by atoms with Crippen LogP contribution in [0.15, 0.2) is 28.8 Å². The van der Waals surface area contributed by atoms with E-state index in [2.05, 4.69) is 27.3 Å². The highest BCUT2D eigenvalue weighted by Gasteiger charge is 2.23. The summed E-state index contributed by atoms with van der Waals surface area (Å²) in [5.41, 5.74) is 0.825. The number of methoxy groups -OCH3 is 1. The second kappa shape index (κ2) is 6.24. The maximum atomic E-state index is 5.42. The average molecular weight is 288 g/mol. The largest absolute Gasteiger partial charge is 0.496 e. The molecule has 1 saturated heterocycles. The van der Waals surface area contributed by atoms with E-state index in [0.717, 1.165) is 43.3 Å². The van der Waals surface area contributed by atoms with Crippen LogP contribution in [0.25, 0.3) is 11.5 Å². The van der Waals surface area contributed by atoms with Crippen LogP contribution >= 0.6 is 0 Å². The molecule has 0 saturated carbocycles. The molecule has 3 rings (SSSR count). The Kier molecular flexibility index (Phi) is 4.17. The predicted octanol–water partition coefficient (Wildman–Crippen LogP) is 1.71. The number of piperazine rings is 1. The quantitative estimate of drug-likeness (QED) is 0.924. The van der Waals surface area contributed by atoms with Gasteiger partial charge in [0.15, 0.2) is 5.82 Å². The molecular weight excluding hydrogens is 268 g/mol. The number of aromatic nitrogens is 2. The summed E-state index contributed by atoms with van der Waals surface area (Å²) in [6.45, 7) is 6.12. The molecule has 1 atom stereocenters. The third kappa shape index (κ3) is 2.91. The van der Waals surface area contributed by atoms with Gasteiger partial charge in [-0.2, -0.15) is 4.98 Å². The molecule has 1 aromatic carbocycles. The molecule has 1 aliphatic heterocycles. The number of benzene rings is 1. The van der Waals surface area contributed by atoms with Crippen molar-refractivity contribution in [1.82, 2.24) is 20.4 Å². The number of nitrogens with zero attached hydrogens (tertiary/aromatic N) is 3. The van der Waals surface area contributed by atoms with Crippen LogP contribution in [0.2, 0.25) is 0 Å². The number of nitrogens with one attached hydrogen (secondary N) is 1. The van der Waals surface area contributed by atoms with Crippen molar-refractivity contribution < 1.29 is 9.26 Å². The molecule has 2 heterocycles. The second-order valence-electron chi connectivity index (χ2n) is 5.12. The van der Waals surface area contributed by atoms with Gasteiger partial charge in [0.1, 0.15) is 5.75 Å². The van der Waals surface area contributed by atoms with Crippen LogP contribution in [0.3, 0.4) is 0 Å². The minimum absolute atomic E-state index is 0.152. The van der Waals surface area contributed by atoms with E-state index in [1.807, 2.05) is 24.3 Å². The third-order valence-corrected chi connectivity index (χ3v) is 3.85. The maximum Gasteiger partial charge on any atom is 0.261 e. The first-order valence-electron chi connectivity index (χ1n) is 7.21. The van der Waals surface area contributed by atoms with Crippen molar-refractivity contribution in [3.8, 4) is 17.2 Å². The minimum Gasteiger partial charge on any atom is -0.496 e. The molecule has 1 N–H and O–H groups in total. The van der Waals surface area contributed by atoms with Crippen molar-refractivity contribution >= 4 is 0 Å². The molecule has 0 aliphatic carbocycles. The van der Waals surface area contributed by atoms with Crippen LogP contribution in [0, 0.1) is 0 Å². The van der Waals surface area contributed by atoms with E-state index in [9.17, 15) is 0 Å². The summed E-state index contributed by atoms with van der Waals surface area (Å²) in [5.74, 6) is 1.96. The molecule has 1 aromatic heterocycles. The summed E-state index contributed by atoms with van der Waals surface area (Å²) in [6.07, 6.45) is 0.